The van der Waals surface area contributed by atoms with Crippen LogP contribution in [0.2, 0.25) is 0 Å². The van der Waals surface area contributed by atoms with Crippen molar-refractivity contribution in [2.75, 3.05) is 0 Å². The summed E-state index contributed by atoms with van der Waals surface area (Å²) >= 11 is 0. The Morgan fingerprint density at radius 1 is 1.44 bits per heavy atom. The van der Waals surface area contributed by atoms with Crippen molar-refractivity contribution in [1.82, 2.24) is 9.78 Å². The first-order chi connectivity index (χ1) is 7.13. The maximum atomic E-state index is 10.8. The van der Waals surface area contributed by atoms with Crippen molar-refractivity contribution in [2.45, 2.75) is 45.3 Å². The quantitative estimate of drug-likeness (QED) is 0.806. The predicted octanol–water partition coefficient (Wildman–Crippen LogP) is 1.02. The molecule has 0 fully saturated rings. The SMILES string of the molecule is CC(O)(Cc1cnn(C(C)(C)C)c1)C(=O)O. The Hall–Kier alpha value is -1.36. The Kier molecular flexibility index (Phi) is 3.10. The van der Waals surface area contributed by atoms with Crippen molar-refractivity contribution >= 4 is 5.97 Å². The normalized spacial score (nSPS) is 15.8. The van der Waals surface area contributed by atoms with Gasteiger partial charge in [0.15, 0.2) is 5.60 Å². The summed E-state index contributed by atoms with van der Waals surface area (Å²) in [5, 5.41) is 22.6. The Labute approximate surface area is 94.7 Å². The van der Waals surface area contributed by atoms with Gasteiger partial charge in [-0.2, -0.15) is 5.10 Å². The highest BCUT2D eigenvalue weighted by molar-refractivity contribution is 5.76. The van der Waals surface area contributed by atoms with Gasteiger partial charge in [0.05, 0.1) is 11.7 Å². The summed E-state index contributed by atoms with van der Waals surface area (Å²) in [4.78, 5) is 10.8. The van der Waals surface area contributed by atoms with Crippen LogP contribution in [0.4, 0.5) is 0 Å². The highest BCUT2D eigenvalue weighted by Gasteiger charge is 2.30. The van der Waals surface area contributed by atoms with Gasteiger partial charge in [-0.05, 0) is 33.3 Å². The maximum absolute atomic E-state index is 10.8. The van der Waals surface area contributed by atoms with E-state index in [-0.39, 0.29) is 12.0 Å². The van der Waals surface area contributed by atoms with Gasteiger partial charge in [-0.25, -0.2) is 4.79 Å². The van der Waals surface area contributed by atoms with Gasteiger partial charge in [0.2, 0.25) is 0 Å². The number of hydrogen-bond acceptors (Lipinski definition) is 3. The van der Waals surface area contributed by atoms with Crippen molar-refractivity contribution in [3.63, 3.8) is 0 Å². The van der Waals surface area contributed by atoms with Crippen LogP contribution in [0, 0.1) is 0 Å². The average molecular weight is 226 g/mol. The van der Waals surface area contributed by atoms with Crippen molar-refractivity contribution in [1.29, 1.82) is 0 Å². The van der Waals surface area contributed by atoms with Crippen LogP contribution in [0.1, 0.15) is 33.3 Å². The largest absolute Gasteiger partial charge is 0.479 e. The molecule has 5 heteroatoms. The number of nitrogens with zero attached hydrogens (tertiary/aromatic N) is 2. The van der Waals surface area contributed by atoms with Crippen LogP contribution in [-0.4, -0.2) is 31.6 Å². The first-order valence-corrected chi connectivity index (χ1v) is 5.13. The number of carboxylic acids is 1. The molecule has 1 aromatic heterocycles. The number of rotatable bonds is 3. The third kappa shape index (κ3) is 2.82. The number of carboxylic acid groups (broad SMARTS) is 1. The van der Waals surface area contributed by atoms with Crippen LogP contribution in [0.5, 0.6) is 0 Å². The summed E-state index contributed by atoms with van der Waals surface area (Å²) in [5.74, 6) is -1.23. The molecule has 1 aromatic rings. The van der Waals surface area contributed by atoms with E-state index in [9.17, 15) is 9.90 Å². The maximum Gasteiger partial charge on any atom is 0.335 e. The summed E-state index contributed by atoms with van der Waals surface area (Å²) in [6, 6.07) is 0. The van der Waals surface area contributed by atoms with E-state index in [0.717, 1.165) is 0 Å². The van der Waals surface area contributed by atoms with Crippen LogP contribution in [-0.2, 0) is 16.8 Å². The smallest absolute Gasteiger partial charge is 0.335 e. The van der Waals surface area contributed by atoms with Gasteiger partial charge >= 0.3 is 5.97 Å². The van der Waals surface area contributed by atoms with Crippen LogP contribution >= 0.6 is 0 Å². The minimum absolute atomic E-state index is 0.0540. The van der Waals surface area contributed by atoms with Gasteiger partial charge in [0.25, 0.3) is 0 Å². The third-order valence-corrected chi connectivity index (χ3v) is 2.33. The lowest BCUT2D eigenvalue weighted by atomic mass is 9.99. The molecule has 1 rings (SSSR count). The molecular weight excluding hydrogens is 208 g/mol. The van der Waals surface area contributed by atoms with E-state index in [4.69, 9.17) is 5.11 Å². The molecule has 0 aliphatic carbocycles. The van der Waals surface area contributed by atoms with Gasteiger partial charge in [0, 0.05) is 12.6 Å². The Morgan fingerprint density at radius 3 is 2.38 bits per heavy atom. The van der Waals surface area contributed by atoms with Crippen LogP contribution < -0.4 is 0 Å². The van der Waals surface area contributed by atoms with Gasteiger partial charge in [-0.15, -0.1) is 0 Å². The number of hydrogen-bond donors (Lipinski definition) is 2. The summed E-state index contributed by atoms with van der Waals surface area (Å²) in [5.41, 5.74) is -1.18. The molecule has 1 heterocycles. The van der Waals surface area contributed by atoms with Crippen LogP contribution in [0.25, 0.3) is 0 Å². The minimum Gasteiger partial charge on any atom is -0.479 e. The molecule has 0 spiro atoms. The zero-order valence-electron chi connectivity index (χ0n) is 10.1. The number of aromatic nitrogens is 2. The molecule has 0 aliphatic rings. The molecule has 90 valence electrons. The molecule has 0 bridgehead atoms. The van der Waals surface area contributed by atoms with E-state index in [1.165, 1.54) is 6.92 Å². The minimum atomic E-state index is -1.74. The fourth-order valence-electron chi connectivity index (χ4n) is 1.29. The summed E-state index contributed by atoms with van der Waals surface area (Å²) in [6.07, 6.45) is 3.40. The summed E-state index contributed by atoms with van der Waals surface area (Å²) in [6.45, 7) is 7.28. The second-order valence-electron chi connectivity index (χ2n) is 5.22. The van der Waals surface area contributed by atoms with Crippen LogP contribution in [0.3, 0.4) is 0 Å². The van der Waals surface area contributed by atoms with E-state index in [1.807, 2.05) is 20.8 Å². The molecular formula is C11H18N2O3. The molecule has 2 N–H and O–H groups in total. The van der Waals surface area contributed by atoms with Crippen molar-refractivity contribution < 1.29 is 15.0 Å². The highest BCUT2D eigenvalue weighted by atomic mass is 16.4. The summed E-state index contributed by atoms with van der Waals surface area (Å²) < 4.78 is 1.75. The fraction of sp³-hybridized carbons (Fsp3) is 0.636. The van der Waals surface area contributed by atoms with Crippen molar-refractivity contribution in [3.05, 3.63) is 18.0 Å². The molecule has 0 aromatic carbocycles. The molecule has 1 atom stereocenters. The Morgan fingerprint density at radius 2 is 2.00 bits per heavy atom. The zero-order valence-corrected chi connectivity index (χ0v) is 10.1. The van der Waals surface area contributed by atoms with E-state index >= 15 is 0 Å². The van der Waals surface area contributed by atoms with Gasteiger partial charge in [0.1, 0.15) is 0 Å². The first-order valence-electron chi connectivity index (χ1n) is 5.13. The average Bonchev–Trinajstić information content (AvgIpc) is 2.50. The molecule has 5 nitrogen and oxygen atoms in total. The molecule has 1 unspecified atom stereocenters. The molecule has 0 saturated carbocycles. The molecule has 16 heavy (non-hydrogen) atoms. The Bertz CT molecular complexity index is 388. The lowest BCUT2D eigenvalue weighted by Crippen LogP contribution is -2.37. The lowest BCUT2D eigenvalue weighted by molar-refractivity contribution is -0.156. The number of aliphatic hydroxyl groups is 1. The lowest BCUT2D eigenvalue weighted by Gasteiger charge is -2.19. The van der Waals surface area contributed by atoms with Gasteiger partial charge < -0.3 is 10.2 Å². The highest BCUT2D eigenvalue weighted by Crippen LogP contribution is 2.17. The van der Waals surface area contributed by atoms with Crippen molar-refractivity contribution in [2.24, 2.45) is 0 Å². The standard InChI is InChI=1S/C11H18N2O3/c1-10(2,3)13-7-8(6-12-13)5-11(4,16)9(14)15/h6-7,16H,5H2,1-4H3,(H,14,15). The molecule has 0 amide bonds. The van der Waals surface area contributed by atoms with Crippen molar-refractivity contribution in [3.8, 4) is 0 Å². The third-order valence-electron chi connectivity index (χ3n) is 2.33. The number of aliphatic carboxylic acids is 1. The Balaban J connectivity index is 2.85. The fourth-order valence-corrected chi connectivity index (χ4v) is 1.29. The second kappa shape index (κ2) is 3.90. The summed E-state index contributed by atoms with van der Waals surface area (Å²) in [7, 11) is 0. The molecule has 0 saturated heterocycles. The van der Waals surface area contributed by atoms with E-state index in [2.05, 4.69) is 5.10 Å². The van der Waals surface area contributed by atoms with E-state index < -0.39 is 11.6 Å². The monoisotopic (exact) mass is 226 g/mol. The van der Waals surface area contributed by atoms with Gasteiger partial charge in [-0.3, -0.25) is 4.68 Å². The van der Waals surface area contributed by atoms with E-state index in [1.54, 1.807) is 17.1 Å². The van der Waals surface area contributed by atoms with E-state index in [0.29, 0.717) is 5.56 Å². The topological polar surface area (TPSA) is 75.4 Å². The number of carbonyl (C=O) groups is 1. The zero-order chi connectivity index (χ0) is 12.6. The second-order valence-corrected chi connectivity index (χ2v) is 5.22. The van der Waals surface area contributed by atoms with Gasteiger partial charge in [-0.1, -0.05) is 0 Å². The molecule has 0 aliphatic heterocycles. The first kappa shape index (κ1) is 12.7. The predicted molar refractivity (Wildman–Crippen MR) is 59.2 cm³/mol. The van der Waals surface area contributed by atoms with Crippen LogP contribution in [0.15, 0.2) is 12.4 Å². The molecule has 0 radical (unpaired) electrons.